The number of carbonyl (C=O) groups excluding carboxylic acids is 1. The first-order valence-corrected chi connectivity index (χ1v) is 7.93. The van der Waals surface area contributed by atoms with Crippen LogP contribution in [0.25, 0.3) is 10.8 Å². The summed E-state index contributed by atoms with van der Waals surface area (Å²) < 4.78 is 10.8. The summed E-state index contributed by atoms with van der Waals surface area (Å²) in [5.41, 5.74) is 2.97. The number of methoxy groups -OCH3 is 1. The normalized spacial score (nSPS) is 10.6. The van der Waals surface area contributed by atoms with Crippen molar-refractivity contribution in [1.82, 2.24) is 0 Å². The van der Waals surface area contributed by atoms with Gasteiger partial charge >= 0.3 is 5.97 Å². The van der Waals surface area contributed by atoms with Crippen LogP contribution in [0.2, 0.25) is 0 Å². The van der Waals surface area contributed by atoms with Gasteiger partial charge < -0.3 is 9.47 Å². The van der Waals surface area contributed by atoms with Gasteiger partial charge in [0.2, 0.25) is 0 Å². The lowest BCUT2D eigenvalue weighted by Gasteiger charge is -2.11. The van der Waals surface area contributed by atoms with Crippen LogP contribution in [0, 0.1) is 6.92 Å². The maximum Gasteiger partial charge on any atom is 0.310 e. The Morgan fingerprint density at radius 3 is 2.58 bits per heavy atom. The summed E-state index contributed by atoms with van der Waals surface area (Å²) in [4.78, 5) is 12.3. The molecule has 0 amide bonds. The Hall–Kier alpha value is -2.81. The molecule has 0 aliphatic carbocycles. The summed E-state index contributed by atoms with van der Waals surface area (Å²) in [6.45, 7) is 2.22. The Morgan fingerprint density at radius 2 is 1.75 bits per heavy atom. The summed E-state index contributed by atoms with van der Waals surface area (Å²) >= 11 is 0. The predicted molar refractivity (Wildman–Crippen MR) is 95.2 cm³/mol. The molecule has 0 saturated heterocycles. The number of fused-ring (bicyclic) bond motifs is 1. The number of ether oxygens (including phenoxy) is 2. The second-order valence-corrected chi connectivity index (χ2v) is 5.79. The molecular formula is C21H20O3. The van der Waals surface area contributed by atoms with Crippen LogP contribution in [0.1, 0.15) is 16.7 Å². The van der Waals surface area contributed by atoms with Gasteiger partial charge in [-0.15, -0.1) is 0 Å². The SMILES string of the molecule is COc1ccc(C)cc1COC(=O)Cc1cccc2ccccc12. The van der Waals surface area contributed by atoms with E-state index in [9.17, 15) is 4.79 Å². The van der Waals surface area contributed by atoms with Gasteiger partial charge in [0.05, 0.1) is 13.5 Å². The first kappa shape index (κ1) is 16.1. The van der Waals surface area contributed by atoms with Gasteiger partial charge in [0.1, 0.15) is 12.4 Å². The number of aryl methyl sites for hydroxylation is 1. The second kappa shape index (κ2) is 7.18. The molecule has 0 spiro atoms. The lowest BCUT2D eigenvalue weighted by atomic mass is 10.0. The van der Waals surface area contributed by atoms with Gasteiger partial charge in [-0.3, -0.25) is 4.79 Å². The fourth-order valence-electron chi connectivity index (χ4n) is 2.83. The van der Waals surface area contributed by atoms with Crippen LogP contribution in [-0.4, -0.2) is 13.1 Å². The van der Waals surface area contributed by atoms with Crippen LogP contribution in [-0.2, 0) is 22.6 Å². The minimum Gasteiger partial charge on any atom is -0.496 e. The Labute approximate surface area is 141 Å². The first-order chi connectivity index (χ1) is 11.7. The van der Waals surface area contributed by atoms with Crippen LogP contribution >= 0.6 is 0 Å². The monoisotopic (exact) mass is 320 g/mol. The van der Waals surface area contributed by atoms with E-state index in [1.165, 1.54) is 0 Å². The van der Waals surface area contributed by atoms with Crippen molar-refractivity contribution in [2.45, 2.75) is 20.0 Å². The van der Waals surface area contributed by atoms with Crippen molar-refractivity contribution in [3.05, 3.63) is 77.4 Å². The highest BCUT2D eigenvalue weighted by Crippen LogP contribution is 2.22. The van der Waals surface area contributed by atoms with Gasteiger partial charge in [-0.2, -0.15) is 0 Å². The van der Waals surface area contributed by atoms with Crippen molar-refractivity contribution < 1.29 is 14.3 Å². The van der Waals surface area contributed by atoms with Gasteiger partial charge in [-0.1, -0.05) is 54.1 Å². The minimum absolute atomic E-state index is 0.217. The van der Waals surface area contributed by atoms with Gasteiger partial charge in [-0.25, -0.2) is 0 Å². The number of hydrogen-bond donors (Lipinski definition) is 0. The fourth-order valence-corrected chi connectivity index (χ4v) is 2.83. The summed E-state index contributed by atoms with van der Waals surface area (Å²) in [6.07, 6.45) is 0.259. The minimum atomic E-state index is -0.241. The lowest BCUT2D eigenvalue weighted by Crippen LogP contribution is -2.09. The zero-order valence-electron chi connectivity index (χ0n) is 13.9. The Morgan fingerprint density at radius 1 is 0.958 bits per heavy atom. The molecule has 0 saturated carbocycles. The number of carbonyl (C=O) groups is 1. The van der Waals surface area contributed by atoms with E-state index in [-0.39, 0.29) is 19.0 Å². The van der Waals surface area contributed by atoms with E-state index < -0.39 is 0 Å². The van der Waals surface area contributed by atoms with E-state index in [1.54, 1.807) is 7.11 Å². The molecule has 3 nitrogen and oxygen atoms in total. The number of benzene rings is 3. The third kappa shape index (κ3) is 3.57. The molecule has 3 aromatic carbocycles. The Bertz CT molecular complexity index is 863. The van der Waals surface area contributed by atoms with Crippen molar-refractivity contribution in [1.29, 1.82) is 0 Å². The van der Waals surface area contributed by atoms with E-state index >= 15 is 0 Å². The quantitative estimate of drug-likeness (QED) is 0.652. The zero-order chi connectivity index (χ0) is 16.9. The predicted octanol–water partition coefficient (Wildman–Crippen LogP) is 4.44. The van der Waals surface area contributed by atoms with Crippen LogP contribution in [0.15, 0.2) is 60.7 Å². The van der Waals surface area contributed by atoms with Gasteiger partial charge in [0, 0.05) is 5.56 Å². The highest BCUT2D eigenvalue weighted by molar-refractivity contribution is 5.88. The molecule has 24 heavy (non-hydrogen) atoms. The number of hydrogen-bond acceptors (Lipinski definition) is 3. The number of esters is 1. The summed E-state index contributed by atoms with van der Waals surface area (Å²) in [7, 11) is 1.62. The number of rotatable bonds is 5. The van der Waals surface area contributed by atoms with E-state index in [0.29, 0.717) is 0 Å². The molecule has 0 N–H and O–H groups in total. The highest BCUT2D eigenvalue weighted by Gasteiger charge is 2.10. The zero-order valence-corrected chi connectivity index (χ0v) is 13.9. The topological polar surface area (TPSA) is 35.5 Å². The first-order valence-electron chi connectivity index (χ1n) is 7.93. The lowest BCUT2D eigenvalue weighted by molar-refractivity contribution is -0.144. The van der Waals surface area contributed by atoms with Crippen molar-refractivity contribution in [3.8, 4) is 5.75 Å². The molecule has 0 atom stereocenters. The largest absolute Gasteiger partial charge is 0.496 e. The average Bonchev–Trinajstić information content (AvgIpc) is 2.60. The van der Waals surface area contributed by atoms with Crippen LogP contribution in [0.5, 0.6) is 5.75 Å². The standard InChI is InChI=1S/C21H20O3/c1-15-10-11-20(23-2)18(12-15)14-24-21(22)13-17-8-5-7-16-6-3-4-9-19(16)17/h3-12H,13-14H2,1-2H3. The molecule has 3 rings (SSSR count). The Kier molecular flexibility index (Phi) is 4.80. The summed E-state index contributed by atoms with van der Waals surface area (Å²) in [5, 5.41) is 2.22. The van der Waals surface area contributed by atoms with Crippen LogP contribution in [0.3, 0.4) is 0 Å². The summed E-state index contributed by atoms with van der Waals surface area (Å²) in [5.74, 6) is 0.494. The third-order valence-corrected chi connectivity index (χ3v) is 4.04. The molecule has 0 heterocycles. The van der Waals surface area contributed by atoms with Crippen molar-refractivity contribution in [2.75, 3.05) is 7.11 Å². The molecule has 0 aliphatic rings. The molecule has 0 unspecified atom stereocenters. The molecule has 0 radical (unpaired) electrons. The van der Waals surface area contributed by atoms with E-state index in [2.05, 4.69) is 0 Å². The fraction of sp³-hybridized carbons (Fsp3) is 0.190. The highest BCUT2D eigenvalue weighted by atomic mass is 16.5. The molecule has 0 fully saturated rings. The third-order valence-electron chi connectivity index (χ3n) is 4.04. The van der Waals surface area contributed by atoms with E-state index in [1.807, 2.05) is 67.6 Å². The maximum atomic E-state index is 12.3. The van der Waals surface area contributed by atoms with Gasteiger partial charge in [0.25, 0.3) is 0 Å². The van der Waals surface area contributed by atoms with Crippen molar-refractivity contribution in [3.63, 3.8) is 0 Å². The van der Waals surface area contributed by atoms with Crippen molar-refractivity contribution in [2.24, 2.45) is 0 Å². The second-order valence-electron chi connectivity index (χ2n) is 5.79. The Balaban J connectivity index is 1.71. The van der Waals surface area contributed by atoms with Crippen molar-refractivity contribution >= 4 is 16.7 Å². The smallest absolute Gasteiger partial charge is 0.310 e. The molecule has 0 aromatic heterocycles. The van der Waals surface area contributed by atoms with Gasteiger partial charge in [-0.05, 0) is 35.4 Å². The van der Waals surface area contributed by atoms with Crippen LogP contribution < -0.4 is 4.74 Å². The average molecular weight is 320 g/mol. The molecule has 3 aromatic rings. The van der Waals surface area contributed by atoms with Crippen LogP contribution in [0.4, 0.5) is 0 Å². The van der Waals surface area contributed by atoms with E-state index in [4.69, 9.17) is 9.47 Å². The molecule has 122 valence electrons. The molecular weight excluding hydrogens is 300 g/mol. The molecule has 0 aliphatic heterocycles. The summed E-state index contributed by atoms with van der Waals surface area (Å²) in [6, 6.07) is 19.9. The molecule has 0 bridgehead atoms. The maximum absolute atomic E-state index is 12.3. The van der Waals surface area contributed by atoms with E-state index in [0.717, 1.165) is 33.2 Å². The van der Waals surface area contributed by atoms with Gasteiger partial charge in [0.15, 0.2) is 0 Å². The molecule has 3 heteroatoms.